The second-order valence-electron chi connectivity index (χ2n) is 13.9. The third-order valence-electron chi connectivity index (χ3n) is 11.4. The third-order valence-corrected chi connectivity index (χ3v) is 11.4. The number of rotatable bonds is 3. The number of amides is 2. The molecule has 5 heteroatoms. The van der Waals surface area contributed by atoms with Gasteiger partial charge in [-0.1, -0.05) is 18.2 Å². The smallest absolute Gasteiger partial charge is 0.273 e. The van der Waals surface area contributed by atoms with Gasteiger partial charge in [0.25, 0.3) is 5.91 Å². The summed E-state index contributed by atoms with van der Waals surface area (Å²) in [4.78, 5) is 31.6. The number of fused-ring (bicyclic) bond motifs is 1. The van der Waals surface area contributed by atoms with Crippen molar-refractivity contribution in [2.75, 3.05) is 0 Å². The Morgan fingerprint density at radius 3 is 1.83 bits per heavy atom. The summed E-state index contributed by atoms with van der Waals surface area (Å²) in [5, 5.41) is 1.20. The molecule has 0 radical (unpaired) electrons. The van der Waals surface area contributed by atoms with Crippen LogP contribution in [0, 0.1) is 40.9 Å². The summed E-state index contributed by atoms with van der Waals surface area (Å²) in [6.45, 7) is 0. The van der Waals surface area contributed by atoms with Gasteiger partial charge < -0.3 is 0 Å². The van der Waals surface area contributed by atoms with Crippen LogP contribution in [-0.2, 0) is 10.2 Å². The summed E-state index contributed by atoms with van der Waals surface area (Å²) >= 11 is 0. The average molecular weight is 484 g/mol. The summed E-state index contributed by atoms with van der Waals surface area (Å²) in [6, 6.07) is 10.4. The highest BCUT2D eigenvalue weighted by molar-refractivity contribution is 5.97. The molecule has 1 aromatic heterocycles. The molecule has 8 saturated carbocycles. The highest BCUT2D eigenvalue weighted by atomic mass is 16.2. The number of pyridine rings is 1. The molecule has 8 aliphatic rings. The van der Waals surface area contributed by atoms with Crippen LogP contribution in [0.1, 0.15) is 93.1 Å². The fraction of sp³-hybridized carbons (Fsp3) is 0.645. The highest BCUT2D eigenvalue weighted by Gasteiger charge is 2.55. The minimum absolute atomic E-state index is 0.0250. The predicted octanol–water partition coefficient (Wildman–Crippen LogP) is 5.68. The molecule has 0 atom stereocenters. The Hall–Kier alpha value is -2.43. The summed E-state index contributed by atoms with van der Waals surface area (Å²) in [5.41, 5.74) is 8.20. The Morgan fingerprint density at radius 2 is 1.25 bits per heavy atom. The van der Waals surface area contributed by atoms with Crippen LogP contribution in [0.5, 0.6) is 0 Å². The van der Waals surface area contributed by atoms with E-state index in [4.69, 9.17) is 4.98 Å². The summed E-state index contributed by atoms with van der Waals surface area (Å²) < 4.78 is 0. The molecule has 1 heterocycles. The monoisotopic (exact) mass is 483 g/mol. The maximum absolute atomic E-state index is 13.4. The van der Waals surface area contributed by atoms with Gasteiger partial charge in [-0.15, -0.1) is 0 Å². The molecule has 0 aliphatic heterocycles. The number of carbonyl (C=O) groups excluding carboxylic acids is 2. The zero-order valence-electron chi connectivity index (χ0n) is 21.1. The van der Waals surface area contributed by atoms with Crippen LogP contribution in [0.2, 0.25) is 0 Å². The Bertz CT molecular complexity index is 1200. The standard InChI is InChI=1S/C31H37N3O2/c35-28(33-34-29(36)31-15-21-8-22(16-31)10-23(9-21)17-31)27-11-25(24-3-1-2-4-26(24)32-27)30-12-18-5-19(13-30)7-20(6-18)14-30/h1-4,11,18-23H,5-10,12-17H2,(H,33,35)(H,34,36). The highest BCUT2D eigenvalue weighted by Crippen LogP contribution is 2.62. The molecule has 5 nitrogen and oxygen atoms in total. The van der Waals surface area contributed by atoms with Crippen LogP contribution >= 0.6 is 0 Å². The van der Waals surface area contributed by atoms with E-state index in [9.17, 15) is 9.59 Å². The van der Waals surface area contributed by atoms with Gasteiger partial charge in [0.2, 0.25) is 5.91 Å². The number of para-hydroxylation sites is 1. The number of nitrogens with one attached hydrogen (secondary N) is 2. The molecule has 8 aliphatic carbocycles. The van der Waals surface area contributed by atoms with Crippen molar-refractivity contribution in [1.82, 2.24) is 15.8 Å². The van der Waals surface area contributed by atoms with Crippen molar-refractivity contribution < 1.29 is 9.59 Å². The van der Waals surface area contributed by atoms with Crippen LogP contribution in [-0.4, -0.2) is 16.8 Å². The molecule has 1 aromatic carbocycles. The zero-order chi connectivity index (χ0) is 24.1. The Labute approximate surface area is 213 Å². The van der Waals surface area contributed by atoms with Crippen molar-refractivity contribution in [1.29, 1.82) is 0 Å². The lowest BCUT2D eigenvalue weighted by atomic mass is 9.48. The minimum Gasteiger partial charge on any atom is -0.273 e. The van der Waals surface area contributed by atoms with Gasteiger partial charge in [0.1, 0.15) is 5.69 Å². The van der Waals surface area contributed by atoms with Crippen molar-refractivity contribution in [2.24, 2.45) is 40.9 Å². The SMILES string of the molecule is O=C(NNC(=O)C12CC3CC(CC(C3)C1)C2)c1cc(C23CC4CC(CC(C4)C2)C3)c2ccccc2n1. The molecule has 0 spiro atoms. The van der Waals surface area contributed by atoms with Crippen LogP contribution in [0.15, 0.2) is 30.3 Å². The second kappa shape index (κ2) is 7.55. The normalized spacial score (nSPS) is 41.6. The Balaban J connectivity index is 1.08. The molecular formula is C31H37N3O2. The lowest BCUT2D eigenvalue weighted by Gasteiger charge is -2.57. The number of benzene rings is 1. The number of hydrazine groups is 1. The van der Waals surface area contributed by atoms with E-state index in [0.717, 1.165) is 42.5 Å². The topological polar surface area (TPSA) is 71.1 Å². The lowest BCUT2D eigenvalue weighted by Crippen LogP contribution is -2.56. The van der Waals surface area contributed by atoms with E-state index in [0.29, 0.717) is 23.4 Å². The predicted molar refractivity (Wildman–Crippen MR) is 138 cm³/mol. The number of hydrogen-bond donors (Lipinski definition) is 2. The minimum atomic E-state index is -0.287. The van der Waals surface area contributed by atoms with Crippen LogP contribution in [0.25, 0.3) is 10.9 Å². The van der Waals surface area contributed by atoms with E-state index in [1.165, 1.54) is 68.7 Å². The number of hydrogen-bond acceptors (Lipinski definition) is 3. The van der Waals surface area contributed by atoms with E-state index < -0.39 is 0 Å². The van der Waals surface area contributed by atoms with E-state index in [1.54, 1.807) is 0 Å². The first-order chi connectivity index (χ1) is 17.5. The van der Waals surface area contributed by atoms with Gasteiger partial charge in [-0.25, -0.2) is 4.98 Å². The molecule has 2 aromatic rings. The molecule has 2 amide bonds. The molecule has 8 fully saturated rings. The lowest BCUT2D eigenvalue weighted by molar-refractivity contribution is -0.147. The number of nitrogens with zero attached hydrogens (tertiary/aromatic N) is 1. The van der Waals surface area contributed by atoms with Gasteiger partial charge >= 0.3 is 0 Å². The van der Waals surface area contributed by atoms with Crippen molar-refractivity contribution in [3.8, 4) is 0 Å². The molecule has 188 valence electrons. The zero-order valence-corrected chi connectivity index (χ0v) is 21.1. The van der Waals surface area contributed by atoms with E-state index >= 15 is 0 Å². The molecular weight excluding hydrogens is 446 g/mol. The van der Waals surface area contributed by atoms with Crippen molar-refractivity contribution >= 4 is 22.7 Å². The molecule has 0 unspecified atom stereocenters. The fourth-order valence-electron chi connectivity index (χ4n) is 10.9. The molecule has 2 N–H and O–H groups in total. The quantitative estimate of drug-likeness (QED) is 0.552. The Kier molecular flexibility index (Phi) is 4.54. The van der Waals surface area contributed by atoms with Gasteiger partial charge in [0.15, 0.2) is 0 Å². The van der Waals surface area contributed by atoms with Crippen molar-refractivity contribution in [3.63, 3.8) is 0 Å². The van der Waals surface area contributed by atoms with E-state index in [1.807, 2.05) is 12.1 Å². The van der Waals surface area contributed by atoms with Gasteiger partial charge in [-0.2, -0.15) is 0 Å². The van der Waals surface area contributed by atoms with Crippen LogP contribution < -0.4 is 10.9 Å². The molecule has 36 heavy (non-hydrogen) atoms. The summed E-state index contributed by atoms with van der Waals surface area (Å²) in [5.74, 6) is 4.33. The maximum atomic E-state index is 13.4. The average Bonchev–Trinajstić information content (AvgIpc) is 2.84. The summed E-state index contributed by atoms with van der Waals surface area (Å²) in [6.07, 6.45) is 14.8. The van der Waals surface area contributed by atoms with Crippen LogP contribution in [0.3, 0.4) is 0 Å². The first-order valence-corrected chi connectivity index (χ1v) is 14.5. The molecule has 0 saturated heterocycles. The van der Waals surface area contributed by atoms with Gasteiger partial charge in [0.05, 0.1) is 10.9 Å². The largest absolute Gasteiger partial charge is 0.288 e. The first-order valence-electron chi connectivity index (χ1n) is 14.5. The van der Waals surface area contributed by atoms with Gasteiger partial charge in [0, 0.05) is 5.39 Å². The van der Waals surface area contributed by atoms with Gasteiger partial charge in [-0.3, -0.25) is 20.4 Å². The molecule has 10 rings (SSSR count). The van der Waals surface area contributed by atoms with Crippen LogP contribution in [0.4, 0.5) is 0 Å². The number of aromatic nitrogens is 1. The third kappa shape index (κ3) is 3.23. The van der Waals surface area contributed by atoms with E-state index in [-0.39, 0.29) is 22.6 Å². The summed E-state index contributed by atoms with van der Waals surface area (Å²) in [7, 11) is 0. The van der Waals surface area contributed by atoms with Crippen molar-refractivity contribution in [2.45, 2.75) is 82.5 Å². The van der Waals surface area contributed by atoms with E-state index in [2.05, 4.69) is 29.1 Å². The van der Waals surface area contributed by atoms with Crippen molar-refractivity contribution in [3.05, 3.63) is 41.6 Å². The van der Waals surface area contributed by atoms with Gasteiger partial charge in [-0.05, 0) is 136 Å². The number of carbonyl (C=O) groups is 2. The molecule has 8 bridgehead atoms. The maximum Gasteiger partial charge on any atom is 0.288 e. The first kappa shape index (κ1) is 21.6. The Morgan fingerprint density at radius 1 is 0.722 bits per heavy atom. The second-order valence-corrected chi connectivity index (χ2v) is 13.9. The fourth-order valence-corrected chi connectivity index (χ4v) is 10.9.